The first-order valence-electron chi connectivity index (χ1n) is 5.67. The fourth-order valence-corrected chi connectivity index (χ4v) is 3.01. The van der Waals surface area contributed by atoms with Crippen LogP contribution in [0.15, 0.2) is 12.1 Å². The van der Waals surface area contributed by atoms with Gasteiger partial charge in [0.2, 0.25) is 0 Å². The molecule has 0 spiro atoms. The Labute approximate surface area is 115 Å². The predicted molar refractivity (Wildman–Crippen MR) is 74.6 cm³/mol. The van der Waals surface area contributed by atoms with Gasteiger partial charge in [-0.1, -0.05) is 23.2 Å². The van der Waals surface area contributed by atoms with Crippen LogP contribution in [-0.4, -0.2) is 9.55 Å². The number of rotatable bonds is 2. The topological polar surface area (TPSA) is 20.7 Å². The molecule has 0 amide bonds. The second-order valence-electron chi connectivity index (χ2n) is 4.66. The lowest BCUT2D eigenvalue weighted by Gasteiger charge is -2.13. The van der Waals surface area contributed by atoms with Gasteiger partial charge in [0, 0.05) is 6.04 Å². The van der Waals surface area contributed by atoms with Crippen molar-refractivity contribution in [1.82, 2.24) is 9.55 Å². The van der Waals surface area contributed by atoms with E-state index in [0.29, 0.717) is 16.1 Å². The Kier molecular flexibility index (Phi) is 2.73. The summed E-state index contributed by atoms with van der Waals surface area (Å²) >= 11 is 17.5. The molecule has 1 heterocycles. The number of nitrogens with one attached hydrogen (secondary N) is 1. The first-order chi connectivity index (χ1) is 8.08. The zero-order valence-corrected chi connectivity index (χ0v) is 11.7. The number of hydrogen-bond donors (Lipinski definition) is 1. The van der Waals surface area contributed by atoms with Gasteiger partial charge in [0.1, 0.15) is 0 Å². The molecular weight excluding hydrogens is 275 g/mol. The summed E-state index contributed by atoms with van der Waals surface area (Å²) in [7, 11) is 0. The van der Waals surface area contributed by atoms with Gasteiger partial charge in [0.25, 0.3) is 0 Å². The van der Waals surface area contributed by atoms with Crippen molar-refractivity contribution in [2.45, 2.75) is 25.8 Å². The second kappa shape index (κ2) is 4.01. The zero-order chi connectivity index (χ0) is 12.2. The minimum Gasteiger partial charge on any atom is -0.331 e. The largest absolute Gasteiger partial charge is 0.331 e. The van der Waals surface area contributed by atoms with Gasteiger partial charge in [0.15, 0.2) is 4.77 Å². The molecule has 0 saturated heterocycles. The fraction of sp³-hybridized carbons (Fsp3) is 0.417. The van der Waals surface area contributed by atoms with Gasteiger partial charge in [-0.25, -0.2) is 0 Å². The van der Waals surface area contributed by atoms with Crippen LogP contribution in [0.2, 0.25) is 10.0 Å². The van der Waals surface area contributed by atoms with Crippen LogP contribution >= 0.6 is 35.4 Å². The maximum absolute atomic E-state index is 6.08. The van der Waals surface area contributed by atoms with Crippen molar-refractivity contribution in [3.63, 3.8) is 0 Å². The summed E-state index contributed by atoms with van der Waals surface area (Å²) in [5.74, 6) is 0.746. The molecular formula is C12H12Cl2N2S. The van der Waals surface area contributed by atoms with E-state index in [1.165, 1.54) is 12.8 Å². The molecule has 0 radical (unpaired) electrons. The number of imidazole rings is 1. The minimum absolute atomic E-state index is 0.425. The number of hydrogen-bond acceptors (Lipinski definition) is 1. The quantitative estimate of drug-likeness (QED) is 0.773. The van der Waals surface area contributed by atoms with E-state index in [1.54, 1.807) is 0 Å². The standard InChI is InChI=1S/C12H12Cl2N2S/c1-6(7-2-3-7)16-11-5-9(14)8(13)4-10(11)15-12(16)17/h4-7H,2-3H2,1H3,(H,15,17). The lowest BCUT2D eigenvalue weighted by Crippen LogP contribution is -2.06. The molecule has 1 atom stereocenters. The summed E-state index contributed by atoms with van der Waals surface area (Å²) in [6, 6.07) is 4.16. The Hall–Kier alpha value is -0.510. The lowest BCUT2D eigenvalue weighted by molar-refractivity contribution is 0.493. The van der Waals surface area contributed by atoms with Crippen LogP contribution in [0.5, 0.6) is 0 Å². The van der Waals surface area contributed by atoms with Gasteiger partial charge in [-0.15, -0.1) is 0 Å². The van der Waals surface area contributed by atoms with Crippen LogP contribution in [-0.2, 0) is 0 Å². The highest BCUT2D eigenvalue weighted by Gasteiger charge is 2.30. The molecule has 17 heavy (non-hydrogen) atoms. The molecule has 2 aromatic rings. The van der Waals surface area contributed by atoms with Gasteiger partial charge >= 0.3 is 0 Å². The first kappa shape index (κ1) is 11.6. The normalized spacial score (nSPS) is 17.6. The Morgan fingerprint density at radius 1 is 1.35 bits per heavy atom. The molecule has 3 rings (SSSR count). The van der Waals surface area contributed by atoms with Gasteiger partial charge in [-0.3, -0.25) is 0 Å². The van der Waals surface area contributed by atoms with E-state index < -0.39 is 0 Å². The van der Waals surface area contributed by atoms with E-state index in [0.717, 1.165) is 21.7 Å². The highest BCUT2D eigenvalue weighted by atomic mass is 35.5. The number of H-pyrrole nitrogens is 1. The van der Waals surface area contributed by atoms with Crippen molar-refractivity contribution in [1.29, 1.82) is 0 Å². The number of aromatic amines is 1. The number of halogens is 2. The maximum atomic E-state index is 6.08. The average molecular weight is 287 g/mol. The molecule has 1 unspecified atom stereocenters. The second-order valence-corrected chi connectivity index (χ2v) is 5.86. The number of benzene rings is 1. The molecule has 90 valence electrons. The van der Waals surface area contributed by atoms with Crippen molar-refractivity contribution >= 4 is 46.5 Å². The van der Waals surface area contributed by atoms with Crippen LogP contribution < -0.4 is 0 Å². The molecule has 1 aromatic heterocycles. The molecule has 1 N–H and O–H groups in total. The third kappa shape index (κ3) is 1.90. The Bertz CT molecular complexity index is 640. The Morgan fingerprint density at radius 2 is 2.00 bits per heavy atom. The average Bonchev–Trinajstić information content (AvgIpc) is 3.04. The van der Waals surface area contributed by atoms with Gasteiger partial charge in [-0.2, -0.15) is 0 Å². The van der Waals surface area contributed by atoms with Crippen molar-refractivity contribution in [3.8, 4) is 0 Å². The third-order valence-electron chi connectivity index (χ3n) is 3.47. The third-order valence-corrected chi connectivity index (χ3v) is 4.49. The van der Waals surface area contributed by atoms with Crippen molar-refractivity contribution in [2.75, 3.05) is 0 Å². The molecule has 1 saturated carbocycles. The van der Waals surface area contributed by atoms with Gasteiger partial charge in [0.05, 0.1) is 21.1 Å². The molecule has 1 aliphatic carbocycles. The summed E-state index contributed by atoms with van der Waals surface area (Å²) in [4.78, 5) is 3.19. The molecule has 1 aliphatic rings. The van der Waals surface area contributed by atoms with Gasteiger partial charge < -0.3 is 9.55 Å². The summed E-state index contributed by atoms with van der Waals surface area (Å²) in [6.07, 6.45) is 2.58. The van der Waals surface area contributed by atoms with E-state index in [4.69, 9.17) is 35.4 Å². The van der Waals surface area contributed by atoms with Crippen LogP contribution in [0.25, 0.3) is 11.0 Å². The smallest absolute Gasteiger partial charge is 0.178 e. The molecule has 1 aromatic carbocycles. The summed E-state index contributed by atoms with van der Waals surface area (Å²) in [5.41, 5.74) is 2.00. The summed E-state index contributed by atoms with van der Waals surface area (Å²) in [6.45, 7) is 2.21. The van der Waals surface area contributed by atoms with Gasteiger partial charge in [-0.05, 0) is 50.0 Å². The molecule has 0 bridgehead atoms. The van der Waals surface area contributed by atoms with Crippen LogP contribution in [0.1, 0.15) is 25.8 Å². The van der Waals surface area contributed by atoms with E-state index in [1.807, 2.05) is 12.1 Å². The van der Waals surface area contributed by atoms with E-state index in [-0.39, 0.29) is 0 Å². The highest BCUT2D eigenvalue weighted by Crippen LogP contribution is 2.41. The molecule has 1 fully saturated rings. The Balaban J connectivity index is 2.26. The Morgan fingerprint density at radius 3 is 2.65 bits per heavy atom. The fourth-order valence-electron chi connectivity index (χ4n) is 2.31. The summed E-state index contributed by atoms with van der Waals surface area (Å²) < 4.78 is 2.91. The number of aromatic nitrogens is 2. The van der Waals surface area contributed by atoms with Crippen LogP contribution in [0, 0.1) is 10.7 Å². The van der Waals surface area contributed by atoms with Crippen molar-refractivity contribution in [2.24, 2.45) is 5.92 Å². The lowest BCUT2D eigenvalue weighted by atomic mass is 10.2. The van der Waals surface area contributed by atoms with E-state index in [2.05, 4.69) is 16.5 Å². The summed E-state index contributed by atoms with van der Waals surface area (Å²) in [5, 5.41) is 1.13. The first-order valence-corrected chi connectivity index (χ1v) is 6.83. The number of fused-ring (bicyclic) bond motifs is 1. The monoisotopic (exact) mass is 286 g/mol. The van der Waals surface area contributed by atoms with E-state index >= 15 is 0 Å². The van der Waals surface area contributed by atoms with E-state index in [9.17, 15) is 0 Å². The molecule has 2 nitrogen and oxygen atoms in total. The maximum Gasteiger partial charge on any atom is 0.178 e. The van der Waals surface area contributed by atoms with Crippen molar-refractivity contribution < 1.29 is 0 Å². The predicted octanol–water partition coefficient (Wildman–Crippen LogP) is 4.98. The highest BCUT2D eigenvalue weighted by molar-refractivity contribution is 7.71. The molecule has 5 heteroatoms. The number of nitrogens with zero attached hydrogens (tertiary/aromatic N) is 1. The van der Waals surface area contributed by atoms with Crippen LogP contribution in [0.3, 0.4) is 0 Å². The zero-order valence-electron chi connectivity index (χ0n) is 9.34. The van der Waals surface area contributed by atoms with Crippen LogP contribution in [0.4, 0.5) is 0 Å². The SMILES string of the molecule is CC(C1CC1)n1c(=S)[nH]c2cc(Cl)c(Cl)cc21. The minimum atomic E-state index is 0.425. The molecule has 0 aliphatic heterocycles. The van der Waals surface area contributed by atoms with Crippen molar-refractivity contribution in [3.05, 3.63) is 26.9 Å².